The molecule has 6 nitrogen and oxygen atoms in total. The van der Waals surface area contributed by atoms with Crippen LogP contribution in [0.25, 0.3) is 0 Å². The van der Waals surface area contributed by atoms with Crippen molar-refractivity contribution >= 4 is 11.8 Å². The van der Waals surface area contributed by atoms with Crippen LogP contribution in [0, 0.1) is 0 Å². The zero-order valence-electron chi connectivity index (χ0n) is 16.0. The van der Waals surface area contributed by atoms with E-state index >= 15 is 0 Å². The minimum Gasteiger partial charge on any atom is -0.307 e. The minimum absolute atomic E-state index is 0.455. The van der Waals surface area contributed by atoms with Crippen molar-refractivity contribution in [2.75, 3.05) is 25.0 Å². The summed E-state index contributed by atoms with van der Waals surface area (Å²) < 4.78 is 0. The van der Waals surface area contributed by atoms with Crippen LogP contribution < -0.4 is 5.32 Å². The van der Waals surface area contributed by atoms with Crippen LogP contribution in [-0.4, -0.2) is 44.5 Å². The Labute approximate surface area is 166 Å². The lowest BCUT2D eigenvalue weighted by molar-refractivity contribution is 0.204. The highest BCUT2D eigenvalue weighted by atomic mass is 15.2. The lowest BCUT2D eigenvalue weighted by atomic mass is 9.94. The molecule has 3 aromatic rings. The van der Waals surface area contributed by atoms with E-state index in [1.807, 2.05) is 12.3 Å². The van der Waals surface area contributed by atoms with E-state index in [1.165, 1.54) is 31.4 Å². The second kappa shape index (κ2) is 9.37. The van der Waals surface area contributed by atoms with E-state index < -0.39 is 0 Å². The molecule has 0 radical (unpaired) electrons. The Morgan fingerprint density at radius 3 is 2.82 bits per heavy atom. The first-order chi connectivity index (χ1) is 13.9. The van der Waals surface area contributed by atoms with Crippen molar-refractivity contribution in [1.82, 2.24) is 24.8 Å². The molecule has 0 spiro atoms. The van der Waals surface area contributed by atoms with Gasteiger partial charge in [-0.2, -0.15) is 0 Å². The summed E-state index contributed by atoms with van der Waals surface area (Å²) in [5.41, 5.74) is 2.53. The number of nitrogens with one attached hydrogen (secondary N) is 1. The van der Waals surface area contributed by atoms with Gasteiger partial charge in [-0.1, -0.05) is 30.3 Å². The van der Waals surface area contributed by atoms with Gasteiger partial charge in [-0.3, -0.25) is 4.98 Å². The molecule has 0 amide bonds. The third-order valence-electron chi connectivity index (χ3n) is 5.19. The molecule has 1 aromatic carbocycles. The molecule has 0 aliphatic carbocycles. The Kier molecular flexibility index (Phi) is 6.19. The summed E-state index contributed by atoms with van der Waals surface area (Å²) in [5.74, 6) is 1.70. The van der Waals surface area contributed by atoms with Gasteiger partial charge in [0.1, 0.15) is 0 Å². The van der Waals surface area contributed by atoms with E-state index in [9.17, 15) is 0 Å². The Morgan fingerprint density at radius 2 is 1.96 bits per heavy atom. The van der Waals surface area contributed by atoms with E-state index in [2.05, 4.69) is 55.5 Å². The smallest absolute Gasteiger partial charge is 0.228 e. The highest BCUT2D eigenvalue weighted by Crippen LogP contribution is 2.26. The number of hydrogen-bond acceptors (Lipinski definition) is 6. The van der Waals surface area contributed by atoms with Gasteiger partial charge in [0.15, 0.2) is 5.82 Å². The van der Waals surface area contributed by atoms with Gasteiger partial charge in [0.25, 0.3) is 0 Å². The van der Waals surface area contributed by atoms with Crippen LogP contribution in [0.1, 0.15) is 36.4 Å². The molecule has 1 saturated heterocycles. The normalized spacial score (nSPS) is 17.4. The van der Waals surface area contributed by atoms with Gasteiger partial charge in [0.05, 0.1) is 11.9 Å². The molecular formula is C22H26N6. The van der Waals surface area contributed by atoms with Gasteiger partial charge < -0.3 is 10.2 Å². The van der Waals surface area contributed by atoms with Crippen molar-refractivity contribution in [1.29, 1.82) is 0 Å². The second-order valence-electron chi connectivity index (χ2n) is 7.25. The molecule has 144 valence electrons. The zero-order valence-corrected chi connectivity index (χ0v) is 16.0. The maximum absolute atomic E-state index is 4.74. The van der Waals surface area contributed by atoms with Crippen LogP contribution >= 0.6 is 0 Å². The summed E-state index contributed by atoms with van der Waals surface area (Å²) in [6.45, 7) is 3.39. The van der Waals surface area contributed by atoms with Crippen LogP contribution in [0.3, 0.4) is 0 Å². The van der Waals surface area contributed by atoms with E-state index in [0.29, 0.717) is 17.7 Å². The standard InChI is InChI=1S/C22H26N6/c1-2-6-18(7-3-1)8-4-14-28-15-5-9-19(17-28)20-10-11-25-22(26-20)27-21-16-23-12-13-24-21/h1-3,6-7,10-13,16,19H,4-5,8-9,14-15,17H2,(H,24,25,26,27)/t19-/m0/s1. The van der Waals surface area contributed by atoms with Gasteiger partial charge in [0.2, 0.25) is 5.95 Å². The Morgan fingerprint density at radius 1 is 1.04 bits per heavy atom. The third-order valence-corrected chi connectivity index (χ3v) is 5.19. The fourth-order valence-electron chi connectivity index (χ4n) is 3.79. The molecule has 1 aliphatic rings. The van der Waals surface area contributed by atoms with Gasteiger partial charge in [-0.05, 0) is 50.4 Å². The first kappa shape index (κ1) is 18.5. The summed E-state index contributed by atoms with van der Waals surface area (Å²) in [6.07, 6.45) is 11.5. The van der Waals surface area contributed by atoms with Gasteiger partial charge in [-0.25, -0.2) is 15.0 Å². The Balaban J connectivity index is 1.33. The summed E-state index contributed by atoms with van der Waals surface area (Å²) in [7, 11) is 0. The molecular weight excluding hydrogens is 348 g/mol. The molecule has 6 heteroatoms. The number of hydrogen-bond donors (Lipinski definition) is 1. The molecule has 1 atom stereocenters. The molecule has 28 heavy (non-hydrogen) atoms. The fraction of sp³-hybridized carbons (Fsp3) is 0.364. The van der Waals surface area contributed by atoms with E-state index in [1.54, 1.807) is 18.6 Å². The van der Waals surface area contributed by atoms with Crippen molar-refractivity contribution < 1.29 is 0 Å². The molecule has 1 fully saturated rings. The minimum atomic E-state index is 0.455. The van der Waals surface area contributed by atoms with Crippen LogP contribution in [-0.2, 0) is 6.42 Å². The molecule has 0 unspecified atom stereocenters. The number of rotatable bonds is 7. The number of likely N-dealkylation sites (tertiary alicyclic amines) is 1. The maximum Gasteiger partial charge on any atom is 0.228 e. The first-order valence-electron chi connectivity index (χ1n) is 9.99. The van der Waals surface area contributed by atoms with Crippen molar-refractivity contribution in [3.63, 3.8) is 0 Å². The molecule has 4 rings (SSSR count). The third kappa shape index (κ3) is 5.10. The molecule has 0 saturated carbocycles. The highest BCUT2D eigenvalue weighted by molar-refractivity contribution is 5.45. The monoisotopic (exact) mass is 374 g/mol. The quantitative estimate of drug-likeness (QED) is 0.678. The lowest BCUT2D eigenvalue weighted by Crippen LogP contribution is -2.35. The topological polar surface area (TPSA) is 66.8 Å². The second-order valence-corrected chi connectivity index (χ2v) is 7.25. The summed E-state index contributed by atoms with van der Waals surface area (Å²) in [4.78, 5) is 19.9. The van der Waals surface area contributed by atoms with E-state index in [-0.39, 0.29) is 0 Å². The summed E-state index contributed by atoms with van der Waals surface area (Å²) in [5, 5.41) is 3.14. The SMILES string of the molecule is c1ccc(CCCN2CCC[C@H](c3ccnc(Nc4cnccn4)n3)C2)cc1. The Bertz CT molecular complexity index is 855. The molecule has 3 heterocycles. The number of nitrogens with zero attached hydrogens (tertiary/aromatic N) is 5. The van der Waals surface area contributed by atoms with Crippen LogP contribution in [0.2, 0.25) is 0 Å². The predicted octanol–water partition coefficient (Wildman–Crippen LogP) is 3.82. The van der Waals surface area contributed by atoms with Crippen LogP contribution in [0.4, 0.5) is 11.8 Å². The van der Waals surface area contributed by atoms with Crippen molar-refractivity contribution in [3.05, 3.63) is 72.4 Å². The summed E-state index contributed by atoms with van der Waals surface area (Å²) >= 11 is 0. The number of benzene rings is 1. The number of anilines is 2. The van der Waals surface area contributed by atoms with Gasteiger partial charge in [-0.15, -0.1) is 0 Å². The van der Waals surface area contributed by atoms with E-state index in [0.717, 1.165) is 25.2 Å². The number of aryl methyl sites for hydroxylation is 1. The molecule has 2 aromatic heterocycles. The number of piperidine rings is 1. The molecule has 1 N–H and O–H groups in total. The molecule has 1 aliphatic heterocycles. The zero-order chi connectivity index (χ0) is 19.0. The average molecular weight is 374 g/mol. The van der Waals surface area contributed by atoms with Gasteiger partial charge in [0, 0.05) is 31.1 Å². The van der Waals surface area contributed by atoms with Crippen molar-refractivity contribution in [3.8, 4) is 0 Å². The maximum atomic E-state index is 4.74. The van der Waals surface area contributed by atoms with Crippen molar-refractivity contribution in [2.45, 2.75) is 31.6 Å². The predicted molar refractivity (Wildman–Crippen MR) is 111 cm³/mol. The Hall–Kier alpha value is -2.86. The first-order valence-corrected chi connectivity index (χ1v) is 9.99. The fourth-order valence-corrected chi connectivity index (χ4v) is 3.79. The van der Waals surface area contributed by atoms with Crippen LogP contribution in [0.5, 0.6) is 0 Å². The lowest BCUT2D eigenvalue weighted by Gasteiger charge is -2.32. The largest absolute Gasteiger partial charge is 0.307 e. The van der Waals surface area contributed by atoms with Crippen molar-refractivity contribution in [2.24, 2.45) is 0 Å². The molecule has 0 bridgehead atoms. The average Bonchev–Trinajstić information content (AvgIpc) is 2.76. The highest BCUT2D eigenvalue weighted by Gasteiger charge is 2.22. The van der Waals surface area contributed by atoms with Gasteiger partial charge >= 0.3 is 0 Å². The number of aromatic nitrogens is 4. The van der Waals surface area contributed by atoms with Crippen LogP contribution in [0.15, 0.2) is 61.2 Å². The van der Waals surface area contributed by atoms with E-state index in [4.69, 9.17) is 4.98 Å². The summed E-state index contributed by atoms with van der Waals surface area (Å²) in [6, 6.07) is 12.8.